The summed E-state index contributed by atoms with van der Waals surface area (Å²) in [5, 5.41) is 6.38. The third kappa shape index (κ3) is 3.95. The van der Waals surface area contributed by atoms with Gasteiger partial charge >= 0.3 is 0 Å². The smallest absolute Gasteiger partial charge is 0.241 e. The van der Waals surface area contributed by atoms with Crippen LogP contribution in [0.5, 0.6) is 0 Å². The number of hydrogen-bond donors (Lipinski definition) is 2. The molecule has 0 bridgehead atoms. The largest absolute Gasteiger partial charge is 0.324 e. The van der Waals surface area contributed by atoms with E-state index in [0.717, 1.165) is 16.8 Å². The predicted molar refractivity (Wildman–Crippen MR) is 92.0 cm³/mol. The Labute approximate surface area is 132 Å². The predicted octanol–water partition coefficient (Wildman–Crippen LogP) is 3.98. The number of benzene rings is 2. The summed E-state index contributed by atoms with van der Waals surface area (Å²) in [6, 6.07) is 16.0. The van der Waals surface area contributed by atoms with Crippen molar-refractivity contribution in [2.24, 2.45) is 0 Å². The zero-order valence-electron chi connectivity index (χ0n) is 13.7. The van der Waals surface area contributed by atoms with Crippen LogP contribution in [0.4, 0.5) is 5.69 Å². The minimum absolute atomic E-state index is 0.0137. The van der Waals surface area contributed by atoms with Crippen molar-refractivity contribution in [3.8, 4) is 0 Å². The summed E-state index contributed by atoms with van der Waals surface area (Å²) in [4.78, 5) is 12.4. The van der Waals surface area contributed by atoms with Gasteiger partial charge in [0.1, 0.15) is 0 Å². The summed E-state index contributed by atoms with van der Waals surface area (Å²) in [5.41, 5.74) is 4.25. The van der Waals surface area contributed by atoms with Gasteiger partial charge in [-0.15, -0.1) is 0 Å². The van der Waals surface area contributed by atoms with Gasteiger partial charge in [0, 0.05) is 11.7 Å². The van der Waals surface area contributed by atoms with Crippen LogP contribution in [0.3, 0.4) is 0 Å². The molecule has 2 rings (SSSR count). The van der Waals surface area contributed by atoms with E-state index in [1.165, 1.54) is 5.56 Å². The Balaban J connectivity index is 2.01. The van der Waals surface area contributed by atoms with Gasteiger partial charge in [-0.2, -0.15) is 0 Å². The molecule has 3 nitrogen and oxygen atoms in total. The lowest BCUT2D eigenvalue weighted by Gasteiger charge is -2.21. The highest BCUT2D eigenvalue weighted by Crippen LogP contribution is 2.20. The van der Waals surface area contributed by atoms with Crippen LogP contribution >= 0.6 is 0 Å². The van der Waals surface area contributed by atoms with Gasteiger partial charge in [-0.25, -0.2) is 0 Å². The summed E-state index contributed by atoms with van der Waals surface area (Å²) in [6.45, 7) is 7.97. The molecule has 0 fully saturated rings. The van der Waals surface area contributed by atoms with Crippen molar-refractivity contribution in [2.75, 3.05) is 5.32 Å². The minimum atomic E-state index is -0.269. The molecule has 3 heteroatoms. The van der Waals surface area contributed by atoms with E-state index in [2.05, 4.69) is 29.7 Å². The lowest BCUT2D eigenvalue weighted by atomic mass is 10.1. The number of rotatable bonds is 5. The number of amides is 1. The van der Waals surface area contributed by atoms with Crippen molar-refractivity contribution < 1.29 is 4.79 Å². The van der Waals surface area contributed by atoms with Gasteiger partial charge < -0.3 is 5.32 Å². The minimum Gasteiger partial charge on any atom is -0.324 e. The van der Waals surface area contributed by atoms with Crippen molar-refractivity contribution in [1.29, 1.82) is 0 Å². The lowest BCUT2D eigenvalue weighted by molar-refractivity contribution is -0.117. The maximum Gasteiger partial charge on any atom is 0.241 e. The lowest BCUT2D eigenvalue weighted by Crippen LogP contribution is -2.39. The topological polar surface area (TPSA) is 41.1 Å². The van der Waals surface area contributed by atoms with Crippen LogP contribution in [0.15, 0.2) is 48.5 Å². The van der Waals surface area contributed by atoms with Crippen LogP contribution in [0.2, 0.25) is 0 Å². The molecule has 0 unspecified atom stereocenters. The van der Waals surface area contributed by atoms with E-state index >= 15 is 0 Å². The molecular weight excluding hydrogens is 272 g/mol. The molecule has 2 atom stereocenters. The van der Waals surface area contributed by atoms with Gasteiger partial charge in [0.2, 0.25) is 5.91 Å². The normalized spacial score (nSPS) is 13.5. The van der Waals surface area contributed by atoms with Crippen molar-refractivity contribution in [3.63, 3.8) is 0 Å². The molecule has 0 spiro atoms. The van der Waals surface area contributed by atoms with Crippen molar-refractivity contribution in [1.82, 2.24) is 5.32 Å². The molecule has 0 aliphatic rings. The quantitative estimate of drug-likeness (QED) is 0.876. The number of carbonyl (C=O) groups excluding carboxylic acids is 1. The molecule has 2 N–H and O–H groups in total. The first-order chi connectivity index (χ1) is 10.5. The summed E-state index contributed by atoms with van der Waals surface area (Å²) >= 11 is 0. The number of anilines is 1. The van der Waals surface area contributed by atoms with E-state index in [1.807, 2.05) is 57.2 Å². The van der Waals surface area contributed by atoms with E-state index in [1.54, 1.807) is 0 Å². The molecule has 2 aromatic carbocycles. The highest BCUT2D eigenvalue weighted by molar-refractivity contribution is 5.95. The summed E-state index contributed by atoms with van der Waals surface area (Å²) in [6.07, 6.45) is 0. The summed E-state index contributed by atoms with van der Waals surface area (Å²) in [7, 11) is 0. The van der Waals surface area contributed by atoms with Gasteiger partial charge in [0.05, 0.1) is 6.04 Å². The molecule has 2 aromatic rings. The first-order valence-corrected chi connectivity index (χ1v) is 7.67. The fourth-order valence-electron chi connectivity index (χ4n) is 2.53. The number of aryl methyl sites for hydroxylation is 2. The zero-order valence-corrected chi connectivity index (χ0v) is 13.7. The molecular formula is C19H24N2O. The van der Waals surface area contributed by atoms with Crippen LogP contribution in [0, 0.1) is 13.8 Å². The molecule has 116 valence electrons. The molecule has 1 amide bonds. The molecule has 22 heavy (non-hydrogen) atoms. The Morgan fingerprint density at radius 3 is 2.09 bits per heavy atom. The maximum atomic E-state index is 12.4. The standard InChI is InChI=1S/C19H24N2O/c1-13-9-8-10-14(2)18(13)21-19(22)16(4)20-15(3)17-11-6-5-7-12-17/h5-12,15-16,20H,1-4H3,(H,21,22)/t15-,16+/m1/s1. The Kier molecular flexibility index (Phi) is 5.34. The summed E-state index contributed by atoms with van der Waals surface area (Å²) < 4.78 is 0. The van der Waals surface area contributed by atoms with Gasteiger partial charge in [-0.05, 0) is 44.4 Å². The monoisotopic (exact) mass is 296 g/mol. The second kappa shape index (κ2) is 7.23. The van der Waals surface area contributed by atoms with Gasteiger partial charge in [0.25, 0.3) is 0 Å². The Morgan fingerprint density at radius 1 is 0.909 bits per heavy atom. The van der Waals surface area contributed by atoms with Crippen LogP contribution < -0.4 is 10.6 Å². The second-order valence-corrected chi connectivity index (χ2v) is 5.78. The number of nitrogens with one attached hydrogen (secondary N) is 2. The molecule has 0 radical (unpaired) electrons. The first kappa shape index (κ1) is 16.2. The Morgan fingerprint density at radius 2 is 1.50 bits per heavy atom. The average molecular weight is 296 g/mol. The highest BCUT2D eigenvalue weighted by Gasteiger charge is 2.17. The molecule has 0 heterocycles. The molecule has 0 aliphatic carbocycles. The van der Waals surface area contributed by atoms with E-state index in [0.29, 0.717) is 0 Å². The fourth-order valence-corrected chi connectivity index (χ4v) is 2.53. The second-order valence-electron chi connectivity index (χ2n) is 5.78. The van der Waals surface area contributed by atoms with E-state index in [4.69, 9.17) is 0 Å². The molecule has 0 saturated carbocycles. The number of carbonyl (C=O) groups is 1. The number of hydrogen-bond acceptors (Lipinski definition) is 2. The van der Waals surface area contributed by atoms with Gasteiger partial charge in [-0.3, -0.25) is 10.1 Å². The van der Waals surface area contributed by atoms with E-state index in [9.17, 15) is 4.79 Å². The number of para-hydroxylation sites is 1. The third-order valence-corrected chi connectivity index (χ3v) is 3.92. The van der Waals surface area contributed by atoms with Crippen LogP contribution in [0.25, 0.3) is 0 Å². The highest BCUT2D eigenvalue weighted by atomic mass is 16.2. The fraction of sp³-hybridized carbons (Fsp3) is 0.316. The van der Waals surface area contributed by atoms with E-state index in [-0.39, 0.29) is 18.0 Å². The zero-order chi connectivity index (χ0) is 16.1. The summed E-state index contributed by atoms with van der Waals surface area (Å²) in [5.74, 6) is -0.0137. The molecule has 0 aliphatic heterocycles. The van der Waals surface area contributed by atoms with Crippen molar-refractivity contribution in [2.45, 2.75) is 39.8 Å². The average Bonchev–Trinajstić information content (AvgIpc) is 2.51. The maximum absolute atomic E-state index is 12.4. The van der Waals surface area contributed by atoms with Gasteiger partial charge in [-0.1, -0.05) is 48.5 Å². The molecule has 0 aromatic heterocycles. The molecule has 0 saturated heterocycles. The van der Waals surface area contributed by atoms with Crippen molar-refractivity contribution >= 4 is 11.6 Å². The van der Waals surface area contributed by atoms with Crippen molar-refractivity contribution in [3.05, 3.63) is 65.2 Å². The van der Waals surface area contributed by atoms with Crippen LogP contribution in [-0.4, -0.2) is 11.9 Å². The van der Waals surface area contributed by atoms with Crippen LogP contribution in [0.1, 0.15) is 36.6 Å². The Hall–Kier alpha value is -2.13. The van der Waals surface area contributed by atoms with E-state index < -0.39 is 0 Å². The van der Waals surface area contributed by atoms with Crippen LogP contribution in [-0.2, 0) is 4.79 Å². The Bertz CT molecular complexity index is 617. The van der Waals surface area contributed by atoms with Gasteiger partial charge in [0.15, 0.2) is 0 Å². The SMILES string of the molecule is Cc1cccc(C)c1NC(=O)[C@H](C)N[C@H](C)c1ccccc1. The first-order valence-electron chi connectivity index (χ1n) is 7.67. The third-order valence-electron chi connectivity index (χ3n) is 3.92.